The topological polar surface area (TPSA) is 89.7 Å². The van der Waals surface area contributed by atoms with E-state index in [1.54, 1.807) is 13.8 Å². The number of nitrogens with zero attached hydrogens (tertiary/aromatic N) is 1. The van der Waals surface area contributed by atoms with Gasteiger partial charge in [0.15, 0.2) is 0 Å². The summed E-state index contributed by atoms with van der Waals surface area (Å²) >= 11 is 5.70. The molecule has 0 aliphatic rings. The first-order valence-corrected chi connectivity index (χ1v) is 5.95. The third kappa shape index (κ3) is 3.02. The molecule has 1 N–H and O–H groups in total. The van der Waals surface area contributed by atoms with E-state index in [-0.39, 0.29) is 5.56 Å². The van der Waals surface area contributed by atoms with Gasteiger partial charge in [-0.15, -0.1) is 0 Å². The zero-order chi connectivity index (χ0) is 14.6. The lowest BCUT2D eigenvalue weighted by atomic mass is 9.91. The minimum absolute atomic E-state index is 0.0232. The van der Waals surface area contributed by atoms with Crippen molar-refractivity contribution in [3.05, 3.63) is 45.0 Å². The predicted molar refractivity (Wildman–Crippen MR) is 68.4 cm³/mol. The first kappa shape index (κ1) is 15.4. The smallest absolute Gasteiger partial charge is 0.392 e. The third-order valence-corrected chi connectivity index (χ3v) is 2.79. The second-order valence-corrected chi connectivity index (χ2v) is 4.67. The van der Waals surface area contributed by atoms with Crippen LogP contribution in [0, 0.1) is 10.1 Å². The summed E-state index contributed by atoms with van der Waals surface area (Å²) < 4.78 is 4.88. The fraction of sp³-hybridized carbons (Fsp3) is 0.417. The largest absolute Gasteiger partial charge is 0.457 e. The summed E-state index contributed by atoms with van der Waals surface area (Å²) in [6.45, 7) is 2.15. The van der Waals surface area contributed by atoms with Gasteiger partial charge in [0.05, 0.1) is 6.10 Å². The van der Waals surface area contributed by atoms with E-state index in [1.807, 2.05) is 0 Å². The van der Waals surface area contributed by atoms with Crippen molar-refractivity contribution in [3.63, 3.8) is 0 Å². The molecule has 0 spiro atoms. The summed E-state index contributed by atoms with van der Waals surface area (Å²) in [5.74, 6) is -1.10. The van der Waals surface area contributed by atoms with Gasteiger partial charge in [0.1, 0.15) is 6.61 Å². The quantitative estimate of drug-likeness (QED) is 0.506. The Labute approximate surface area is 115 Å². The summed E-state index contributed by atoms with van der Waals surface area (Å²) in [7, 11) is 0. The van der Waals surface area contributed by atoms with Crippen LogP contribution in [0.2, 0.25) is 5.02 Å². The van der Waals surface area contributed by atoms with Gasteiger partial charge in [-0.05, 0) is 38.1 Å². The molecule has 1 aromatic rings. The van der Waals surface area contributed by atoms with Crippen LogP contribution in [0.4, 0.5) is 0 Å². The van der Waals surface area contributed by atoms with Gasteiger partial charge in [-0.2, -0.15) is 0 Å². The molecule has 0 radical (unpaired) electrons. The molecule has 0 fully saturated rings. The Morgan fingerprint density at radius 2 is 2.00 bits per heavy atom. The fourth-order valence-electron chi connectivity index (χ4n) is 1.55. The highest BCUT2D eigenvalue weighted by molar-refractivity contribution is 6.30. The number of esters is 1. The van der Waals surface area contributed by atoms with E-state index in [9.17, 15) is 20.0 Å². The monoisotopic (exact) mass is 287 g/mol. The molecule has 0 aliphatic heterocycles. The first-order chi connectivity index (χ1) is 8.84. The third-order valence-electron chi connectivity index (χ3n) is 2.54. The van der Waals surface area contributed by atoms with Crippen molar-refractivity contribution >= 4 is 17.6 Å². The Bertz CT molecular complexity index is 474. The van der Waals surface area contributed by atoms with E-state index >= 15 is 0 Å². The van der Waals surface area contributed by atoms with Gasteiger partial charge in [0.25, 0.3) is 0 Å². The summed E-state index contributed by atoms with van der Waals surface area (Å²) in [5, 5.41) is 21.0. The maximum absolute atomic E-state index is 12.0. The number of hydrogen-bond acceptors (Lipinski definition) is 5. The molecule has 104 valence electrons. The molecule has 0 saturated carbocycles. The summed E-state index contributed by atoms with van der Waals surface area (Å²) in [6, 6.07) is 5.47. The van der Waals surface area contributed by atoms with Crippen LogP contribution in [0.1, 0.15) is 19.4 Å². The Morgan fingerprint density at radius 3 is 2.37 bits per heavy atom. The van der Waals surface area contributed by atoms with E-state index < -0.39 is 29.1 Å². The summed E-state index contributed by atoms with van der Waals surface area (Å²) in [6.07, 6.45) is -0.523. The Morgan fingerprint density at radius 1 is 1.47 bits per heavy atom. The van der Waals surface area contributed by atoms with Crippen molar-refractivity contribution < 1.29 is 19.6 Å². The van der Waals surface area contributed by atoms with E-state index in [0.717, 1.165) is 0 Å². The number of ether oxygens (including phenoxy) is 1. The molecule has 0 heterocycles. The maximum atomic E-state index is 12.0. The summed E-state index contributed by atoms with van der Waals surface area (Å²) in [4.78, 5) is 22.4. The SMILES string of the molecule is CC(C)OC(=O)C(CO)(c1ccc(Cl)cc1)[N+](=O)[O-]. The van der Waals surface area contributed by atoms with Crippen molar-refractivity contribution in [1.82, 2.24) is 0 Å². The highest BCUT2D eigenvalue weighted by Crippen LogP contribution is 2.28. The van der Waals surface area contributed by atoms with Gasteiger partial charge in [-0.3, -0.25) is 10.1 Å². The van der Waals surface area contributed by atoms with Gasteiger partial charge in [-0.1, -0.05) is 11.6 Å². The van der Waals surface area contributed by atoms with E-state index in [1.165, 1.54) is 24.3 Å². The minimum atomic E-state index is -2.32. The molecule has 6 nitrogen and oxygen atoms in total. The van der Waals surface area contributed by atoms with Crippen molar-refractivity contribution in [2.45, 2.75) is 25.5 Å². The number of carbonyl (C=O) groups excluding carboxylic acids is 1. The molecule has 1 atom stereocenters. The lowest BCUT2D eigenvalue weighted by Crippen LogP contribution is -2.48. The van der Waals surface area contributed by atoms with Gasteiger partial charge < -0.3 is 9.84 Å². The average molecular weight is 288 g/mol. The second kappa shape index (κ2) is 5.99. The lowest BCUT2D eigenvalue weighted by molar-refractivity contribution is -0.568. The highest BCUT2D eigenvalue weighted by Gasteiger charge is 2.54. The number of rotatable bonds is 5. The Hall–Kier alpha value is -1.66. The molecule has 1 rings (SSSR count). The predicted octanol–water partition coefficient (Wildman–Crippen LogP) is 1.76. The van der Waals surface area contributed by atoms with Crippen LogP contribution in [0.15, 0.2) is 24.3 Å². The normalized spacial score (nSPS) is 13.9. The molecular weight excluding hydrogens is 274 g/mol. The van der Waals surface area contributed by atoms with Crippen molar-refractivity contribution in [2.75, 3.05) is 6.61 Å². The van der Waals surface area contributed by atoms with Crippen LogP contribution < -0.4 is 0 Å². The van der Waals surface area contributed by atoms with Crippen LogP contribution in [0.3, 0.4) is 0 Å². The molecule has 0 aliphatic carbocycles. The minimum Gasteiger partial charge on any atom is -0.457 e. The Balaban J connectivity index is 3.30. The van der Waals surface area contributed by atoms with Crippen LogP contribution in [-0.2, 0) is 15.1 Å². The van der Waals surface area contributed by atoms with Crippen molar-refractivity contribution in [2.24, 2.45) is 0 Å². The highest BCUT2D eigenvalue weighted by atomic mass is 35.5. The van der Waals surface area contributed by atoms with Crippen LogP contribution in [-0.4, -0.2) is 28.7 Å². The summed E-state index contributed by atoms with van der Waals surface area (Å²) in [5.41, 5.74) is -2.30. The number of carbonyl (C=O) groups is 1. The van der Waals surface area contributed by atoms with Gasteiger partial charge >= 0.3 is 11.5 Å². The Kier molecular flexibility index (Phi) is 4.85. The second-order valence-electron chi connectivity index (χ2n) is 4.24. The van der Waals surface area contributed by atoms with Crippen molar-refractivity contribution in [3.8, 4) is 0 Å². The fourth-order valence-corrected chi connectivity index (χ4v) is 1.67. The molecule has 0 amide bonds. The number of aliphatic hydroxyl groups is 1. The van der Waals surface area contributed by atoms with Gasteiger partial charge in [0.2, 0.25) is 0 Å². The standard InChI is InChI=1S/C12H14ClNO5/c1-8(2)19-11(16)12(7-15,14(17)18)9-3-5-10(13)6-4-9/h3-6,8,15H,7H2,1-2H3. The lowest BCUT2D eigenvalue weighted by Gasteiger charge is -2.22. The molecule has 1 aromatic carbocycles. The number of aliphatic hydroxyl groups excluding tert-OH is 1. The molecule has 1 unspecified atom stereocenters. The van der Waals surface area contributed by atoms with Crippen molar-refractivity contribution in [1.29, 1.82) is 0 Å². The molecule has 0 bridgehead atoms. The average Bonchev–Trinajstić information content (AvgIpc) is 2.31. The molecular formula is C12H14ClNO5. The van der Waals surface area contributed by atoms with Crippen LogP contribution in [0.5, 0.6) is 0 Å². The van der Waals surface area contributed by atoms with Crippen LogP contribution >= 0.6 is 11.6 Å². The first-order valence-electron chi connectivity index (χ1n) is 5.57. The number of hydrogen-bond donors (Lipinski definition) is 1. The number of nitro groups is 1. The zero-order valence-electron chi connectivity index (χ0n) is 10.5. The van der Waals surface area contributed by atoms with E-state index in [0.29, 0.717) is 5.02 Å². The van der Waals surface area contributed by atoms with E-state index in [2.05, 4.69) is 0 Å². The number of benzene rings is 1. The zero-order valence-corrected chi connectivity index (χ0v) is 11.3. The van der Waals surface area contributed by atoms with E-state index in [4.69, 9.17) is 16.3 Å². The molecule has 7 heteroatoms. The maximum Gasteiger partial charge on any atom is 0.392 e. The molecule has 0 saturated heterocycles. The van der Waals surface area contributed by atoms with Gasteiger partial charge in [0, 0.05) is 15.5 Å². The molecule has 0 aromatic heterocycles. The molecule has 19 heavy (non-hydrogen) atoms. The van der Waals surface area contributed by atoms with Gasteiger partial charge in [-0.25, -0.2) is 4.79 Å². The van der Waals surface area contributed by atoms with Crippen LogP contribution in [0.25, 0.3) is 0 Å². The number of halogens is 1.